The summed E-state index contributed by atoms with van der Waals surface area (Å²) in [7, 11) is 0. The second kappa shape index (κ2) is 3.15. The van der Waals surface area contributed by atoms with Crippen molar-refractivity contribution in [2.24, 2.45) is 0 Å². The summed E-state index contributed by atoms with van der Waals surface area (Å²) in [6.07, 6.45) is -0.0871. The van der Waals surface area contributed by atoms with Crippen molar-refractivity contribution in [3.05, 3.63) is 35.6 Å². The second-order valence-electron chi connectivity index (χ2n) is 3.76. The number of carbonyl (C=O) groups excluding carboxylic acids is 1. The molecule has 1 aliphatic rings. The molecule has 0 aliphatic heterocycles. The lowest BCUT2D eigenvalue weighted by molar-refractivity contribution is -0.117. The van der Waals surface area contributed by atoms with Crippen molar-refractivity contribution in [3.8, 4) is 0 Å². The number of halogens is 2. The zero-order valence-electron chi connectivity index (χ0n) is 7.54. The molecule has 1 nitrogen and oxygen atoms in total. The molecule has 14 heavy (non-hydrogen) atoms. The lowest BCUT2D eigenvalue weighted by atomic mass is 9.64. The van der Waals surface area contributed by atoms with E-state index in [4.69, 9.17) is 0 Å². The first-order valence-corrected chi connectivity index (χ1v) is 4.53. The van der Waals surface area contributed by atoms with Gasteiger partial charge in [-0.3, -0.25) is 0 Å². The molecule has 0 unspecified atom stereocenters. The summed E-state index contributed by atoms with van der Waals surface area (Å²) < 4.78 is 26.1. The van der Waals surface area contributed by atoms with Crippen LogP contribution in [0.3, 0.4) is 0 Å². The molecule has 0 saturated heterocycles. The number of carbonyl (C=O) groups is 1. The van der Waals surface area contributed by atoms with Gasteiger partial charge in [0.2, 0.25) is 0 Å². The van der Waals surface area contributed by atoms with Gasteiger partial charge in [-0.1, -0.05) is 18.2 Å². The highest BCUT2D eigenvalue weighted by atomic mass is 19.1. The van der Waals surface area contributed by atoms with Crippen molar-refractivity contribution >= 4 is 6.29 Å². The van der Waals surface area contributed by atoms with Crippen molar-refractivity contribution in [1.29, 1.82) is 0 Å². The van der Waals surface area contributed by atoms with E-state index in [1.54, 1.807) is 18.2 Å². The van der Waals surface area contributed by atoms with E-state index >= 15 is 0 Å². The van der Waals surface area contributed by atoms with Gasteiger partial charge in [0.15, 0.2) is 0 Å². The Labute approximate surface area is 80.7 Å². The standard InChI is InChI=1S/C11H10F2O/c12-8-5-11(6-8,7-14)9-3-1-2-4-10(9)13/h1-4,7-8H,5-6H2. The highest BCUT2D eigenvalue weighted by Gasteiger charge is 2.47. The van der Waals surface area contributed by atoms with E-state index in [2.05, 4.69) is 0 Å². The molecular formula is C11H10F2O. The van der Waals surface area contributed by atoms with Crippen LogP contribution in [0.25, 0.3) is 0 Å². The Morgan fingerprint density at radius 1 is 1.36 bits per heavy atom. The SMILES string of the molecule is O=CC1(c2ccccc2F)CC(F)C1. The summed E-state index contributed by atoms with van der Waals surface area (Å²) >= 11 is 0. The van der Waals surface area contributed by atoms with Crippen molar-refractivity contribution in [1.82, 2.24) is 0 Å². The van der Waals surface area contributed by atoms with Crippen LogP contribution in [0.15, 0.2) is 24.3 Å². The Morgan fingerprint density at radius 2 is 2.00 bits per heavy atom. The molecule has 0 heterocycles. The minimum Gasteiger partial charge on any atom is -0.302 e. The van der Waals surface area contributed by atoms with Gasteiger partial charge in [0.25, 0.3) is 0 Å². The predicted octanol–water partition coefficient (Wildman–Crippen LogP) is 2.39. The summed E-state index contributed by atoms with van der Waals surface area (Å²) in [5.41, 5.74) is -0.589. The lowest BCUT2D eigenvalue weighted by Gasteiger charge is -2.40. The molecule has 0 bridgehead atoms. The Hall–Kier alpha value is -1.25. The molecule has 74 valence electrons. The smallest absolute Gasteiger partial charge is 0.130 e. The molecule has 2 rings (SSSR count). The summed E-state index contributed by atoms with van der Waals surface area (Å²) in [5, 5.41) is 0. The molecule has 1 saturated carbocycles. The van der Waals surface area contributed by atoms with Gasteiger partial charge < -0.3 is 4.79 Å². The van der Waals surface area contributed by atoms with Gasteiger partial charge in [-0.25, -0.2) is 8.78 Å². The molecule has 0 atom stereocenters. The molecule has 0 amide bonds. The monoisotopic (exact) mass is 196 g/mol. The molecular weight excluding hydrogens is 186 g/mol. The third-order valence-electron chi connectivity index (χ3n) is 2.81. The molecule has 1 fully saturated rings. The van der Waals surface area contributed by atoms with Crippen molar-refractivity contribution in [2.45, 2.75) is 24.4 Å². The van der Waals surface area contributed by atoms with E-state index in [0.29, 0.717) is 11.8 Å². The number of hydrogen-bond donors (Lipinski definition) is 0. The highest BCUT2D eigenvalue weighted by molar-refractivity contribution is 5.71. The fourth-order valence-electron chi connectivity index (χ4n) is 1.98. The van der Waals surface area contributed by atoms with E-state index in [-0.39, 0.29) is 12.8 Å². The molecule has 1 aromatic carbocycles. The van der Waals surface area contributed by atoms with E-state index in [0.717, 1.165) is 0 Å². The second-order valence-corrected chi connectivity index (χ2v) is 3.76. The summed E-state index contributed by atoms with van der Waals surface area (Å²) in [6.45, 7) is 0. The van der Waals surface area contributed by atoms with Gasteiger partial charge in [0.1, 0.15) is 18.3 Å². The first kappa shape index (κ1) is 9.31. The van der Waals surface area contributed by atoms with Gasteiger partial charge in [0.05, 0.1) is 5.41 Å². The van der Waals surface area contributed by atoms with Crippen LogP contribution in [-0.4, -0.2) is 12.5 Å². The maximum atomic E-state index is 13.3. The fourth-order valence-corrected chi connectivity index (χ4v) is 1.98. The summed E-state index contributed by atoms with van der Waals surface area (Å²) in [4.78, 5) is 10.9. The minimum absolute atomic E-state index is 0.109. The topological polar surface area (TPSA) is 17.1 Å². The zero-order chi connectivity index (χ0) is 10.2. The molecule has 3 heteroatoms. The largest absolute Gasteiger partial charge is 0.302 e. The Bertz CT molecular complexity index is 356. The van der Waals surface area contributed by atoms with Crippen LogP contribution in [0.4, 0.5) is 8.78 Å². The molecule has 1 aromatic rings. The van der Waals surface area contributed by atoms with E-state index in [1.165, 1.54) is 6.07 Å². The quantitative estimate of drug-likeness (QED) is 0.664. The Balaban J connectivity index is 2.38. The first-order valence-electron chi connectivity index (χ1n) is 4.53. The highest BCUT2D eigenvalue weighted by Crippen LogP contribution is 2.44. The van der Waals surface area contributed by atoms with E-state index < -0.39 is 17.4 Å². The van der Waals surface area contributed by atoms with Gasteiger partial charge in [0, 0.05) is 5.56 Å². The average molecular weight is 196 g/mol. The van der Waals surface area contributed by atoms with Crippen LogP contribution >= 0.6 is 0 Å². The zero-order valence-corrected chi connectivity index (χ0v) is 7.54. The lowest BCUT2D eigenvalue weighted by Crippen LogP contribution is -2.44. The van der Waals surface area contributed by atoms with Gasteiger partial charge in [-0.2, -0.15) is 0 Å². The minimum atomic E-state index is -0.972. The molecule has 0 N–H and O–H groups in total. The summed E-state index contributed by atoms with van der Waals surface area (Å²) in [6, 6.07) is 6.07. The number of rotatable bonds is 2. The van der Waals surface area contributed by atoms with Crippen molar-refractivity contribution < 1.29 is 13.6 Å². The van der Waals surface area contributed by atoms with Crippen LogP contribution < -0.4 is 0 Å². The van der Waals surface area contributed by atoms with Gasteiger partial charge in [-0.15, -0.1) is 0 Å². The average Bonchev–Trinajstić information content (AvgIpc) is 2.14. The van der Waals surface area contributed by atoms with Crippen LogP contribution in [0.5, 0.6) is 0 Å². The van der Waals surface area contributed by atoms with Crippen molar-refractivity contribution in [2.75, 3.05) is 0 Å². The molecule has 1 aliphatic carbocycles. The maximum Gasteiger partial charge on any atom is 0.130 e. The maximum absolute atomic E-state index is 13.3. The van der Waals surface area contributed by atoms with E-state index in [9.17, 15) is 13.6 Å². The Morgan fingerprint density at radius 3 is 2.50 bits per heavy atom. The molecule has 0 spiro atoms. The van der Waals surface area contributed by atoms with E-state index in [1.807, 2.05) is 0 Å². The predicted molar refractivity (Wildman–Crippen MR) is 48.3 cm³/mol. The number of benzene rings is 1. The summed E-state index contributed by atoms with van der Waals surface area (Å²) in [5.74, 6) is -0.425. The fraction of sp³-hybridized carbons (Fsp3) is 0.364. The number of hydrogen-bond acceptors (Lipinski definition) is 1. The molecule has 0 radical (unpaired) electrons. The van der Waals surface area contributed by atoms with Gasteiger partial charge >= 0.3 is 0 Å². The Kier molecular flexibility index (Phi) is 2.10. The normalized spacial score (nSPS) is 30.9. The molecule has 0 aromatic heterocycles. The van der Waals surface area contributed by atoms with Gasteiger partial charge in [-0.05, 0) is 18.9 Å². The first-order chi connectivity index (χ1) is 6.68. The number of alkyl halides is 1. The van der Waals surface area contributed by atoms with Crippen LogP contribution in [0, 0.1) is 5.82 Å². The van der Waals surface area contributed by atoms with Crippen LogP contribution in [0.1, 0.15) is 18.4 Å². The third-order valence-corrected chi connectivity index (χ3v) is 2.81. The van der Waals surface area contributed by atoms with Crippen molar-refractivity contribution in [3.63, 3.8) is 0 Å². The third kappa shape index (κ3) is 1.24. The number of aldehydes is 1. The van der Waals surface area contributed by atoms with Crippen LogP contribution in [-0.2, 0) is 10.2 Å². The van der Waals surface area contributed by atoms with Crippen LogP contribution in [0.2, 0.25) is 0 Å².